The maximum atomic E-state index is 4.54. The van der Waals surface area contributed by atoms with Crippen molar-refractivity contribution in [3.05, 3.63) is 43.4 Å². The third-order valence-corrected chi connectivity index (χ3v) is 4.68. The number of hydrogen-bond acceptors (Lipinski definition) is 8. The summed E-state index contributed by atoms with van der Waals surface area (Å²) in [4.78, 5) is 22.2. The largest absolute Gasteiger partial charge is 0.354 e. The summed E-state index contributed by atoms with van der Waals surface area (Å²) in [6.07, 6.45) is 9.70. The molecule has 5 rings (SSSR count). The van der Waals surface area contributed by atoms with Crippen LogP contribution < -0.4 is 9.80 Å². The monoisotopic (exact) mass is 347 g/mol. The first-order valence-corrected chi connectivity index (χ1v) is 8.60. The van der Waals surface area contributed by atoms with Gasteiger partial charge in [-0.25, -0.2) is 19.9 Å². The highest BCUT2D eigenvalue weighted by molar-refractivity contribution is 5.86. The van der Waals surface area contributed by atoms with E-state index in [9.17, 15) is 0 Å². The number of fused-ring (bicyclic) bond motifs is 2. The molecule has 0 atom stereocenters. The van der Waals surface area contributed by atoms with E-state index in [0.29, 0.717) is 0 Å². The van der Waals surface area contributed by atoms with E-state index < -0.39 is 0 Å². The molecule has 130 valence electrons. The van der Waals surface area contributed by atoms with Crippen molar-refractivity contribution in [3.8, 4) is 0 Å². The molecule has 5 heterocycles. The van der Waals surface area contributed by atoms with Crippen LogP contribution in [0.15, 0.2) is 43.4 Å². The fraction of sp³-hybridized carbons (Fsp3) is 0.294. The van der Waals surface area contributed by atoms with Gasteiger partial charge in [-0.05, 0) is 18.6 Å². The van der Waals surface area contributed by atoms with Gasteiger partial charge in [0.1, 0.15) is 18.5 Å². The fourth-order valence-electron chi connectivity index (χ4n) is 3.44. The Labute approximate surface area is 149 Å². The van der Waals surface area contributed by atoms with Crippen molar-refractivity contribution in [1.82, 2.24) is 34.5 Å². The van der Waals surface area contributed by atoms with Gasteiger partial charge in [-0.3, -0.25) is 4.40 Å². The van der Waals surface area contributed by atoms with Crippen LogP contribution in [-0.2, 0) is 0 Å². The van der Waals surface area contributed by atoms with Crippen molar-refractivity contribution in [2.24, 2.45) is 0 Å². The van der Waals surface area contributed by atoms with Crippen molar-refractivity contribution < 1.29 is 0 Å². The topological polar surface area (TPSA) is 88.2 Å². The zero-order chi connectivity index (χ0) is 17.3. The van der Waals surface area contributed by atoms with Gasteiger partial charge in [0.25, 0.3) is 0 Å². The van der Waals surface area contributed by atoms with Crippen LogP contribution >= 0.6 is 0 Å². The Kier molecular flexibility index (Phi) is 3.55. The fourth-order valence-corrected chi connectivity index (χ4v) is 3.44. The Balaban J connectivity index is 1.44. The van der Waals surface area contributed by atoms with E-state index in [1.807, 2.05) is 22.7 Å². The molecule has 1 aliphatic heterocycles. The molecule has 0 N–H and O–H groups in total. The molecule has 0 bridgehead atoms. The van der Waals surface area contributed by atoms with Gasteiger partial charge in [0, 0.05) is 44.8 Å². The second-order valence-corrected chi connectivity index (χ2v) is 6.21. The molecule has 0 unspecified atom stereocenters. The summed E-state index contributed by atoms with van der Waals surface area (Å²) in [5.74, 6) is 1.82. The number of aromatic nitrogens is 7. The molecule has 4 aromatic heterocycles. The normalized spacial score (nSPS) is 15.5. The Morgan fingerprint density at radius 2 is 1.73 bits per heavy atom. The zero-order valence-electron chi connectivity index (χ0n) is 14.1. The van der Waals surface area contributed by atoms with Crippen LogP contribution in [0.25, 0.3) is 16.7 Å². The molecule has 9 heteroatoms. The molecule has 0 aliphatic carbocycles. The van der Waals surface area contributed by atoms with Crippen LogP contribution in [0.1, 0.15) is 6.42 Å². The smallest absolute Gasteiger partial charge is 0.203 e. The molecule has 1 fully saturated rings. The minimum absolute atomic E-state index is 0.730. The number of rotatable bonds is 2. The van der Waals surface area contributed by atoms with E-state index in [1.165, 1.54) is 0 Å². The molecule has 4 aromatic rings. The second kappa shape index (κ2) is 6.17. The predicted molar refractivity (Wildman–Crippen MR) is 97.2 cm³/mol. The average Bonchev–Trinajstić information content (AvgIpc) is 3.05. The highest BCUT2D eigenvalue weighted by atomic mass is 15.3. The van der Waals surface area contributed by atoms with Gasteiger partial charge in [-0.2, -0.15) is 0 Å². The van der Waals surface area contributed by atoms with E-state index in [4.69, 9.17) is 0 Å². The van der Waals surface area contributed by atoms with Gasteiger partial charge >= 0.3 is 0 Å². The SMILES string of the molecule is c1cnc2ncnc(N3CCCN(c4nccn5cnnc45)CC3)c2c1. The number of hydrogen-bond donors (Lipinski definition) is 0. The molecule has 0 radical (unpaired) electrons. The van der Waals surface area contributed by atoms with Gasteiger partial charge in [-0.15, -0.1) is 10.2 Å². The van der Waals surface area contributed by atoms with Gasteiger partial charge in [0.15, 0.2) is 11.5 Å². The van der Waals surface area contributed by atoms with Gasteiger partial charge in [0.2, 0.25) is 5.65 Å². The summed E-state index contributed by atoms with van der Waals surface area (Å²) in [7, 11) is 0. The van der Waals surface area contributed by atoms with Crippen LogP contribution in [0.2, 0.25) is 0 Å². The van der Waals surface area contributed by atoms with Crippen LogP contribution in [0.3, 0.4) is 0 Å². The van der Waals surface area contributed by atoms with E-state index in [1.54, 1.807) is 25.0 Å². The standard InChI is InChI=1S/C17H17N9/c1-3-13-14(18-4-1)20-11-21-15(13)24-6-2-7-25(10-9-24)16-17-23-22-12-26(17)8-5-19-16/h1,3-5,8,11-12H,2,6-7,9-10H2. The Bertz CT molecular complexity index is 1050. The Morgan fingerprint density at radius 3 is 2.65 bits per heavy atom. The molecule has 0 saturated carbocycles. The van der Waals surface area contributed by atoms with E-state index >= 15 is 0 Å². The molecular formula is C17H17N9. The second-order valence-electron chi connectivity index (χ2n) is 6.21. The van der Waals surface area contributed by atoms with Crippen LogP contribution in [0.4, 0.5) is 11.6 Å². The summed E-state index contributed by atoms with van der Waals surface area (Å²) < 4.78 is 1.90. The van der Waals surface area contributed by atoms with E-state index in [0.717, 1.165) is 60.9 Å². The minimum Gasteiger partial charge on any atom is -0.354 e. The van der Waals surface area contributed by atoms with Crippen molar-refractivity contribution in [3.63, 3.8) is 0 Å². The van der Waals surface area contributed by atoms with Crippen molar-refractivity contribution in [2.75, 3.05) is 36.0 Å². The summed E-state index contributed by atoms with van der Waals surface area (Å²) in [5.41, 5.74) is 1.52. The Hall–Kier alpha value is -3.36. The Morgan fingerprint density at radius 1 is 0.846 bits per heavy atom. The van der Waals surface area contributed by atoms with Crippen LogP contribution in [-0.4, -0.2) is 60.7 Å². The lowest BCUT2D eigenvalue weighted by Crippen LogP contribution is -2.32. The third-order valence-electron chi connectivity index (χ3n) is 4.68. The minimum atomic E-state index is 0.730. The van der Waals surface area contributed by atoms with Gasteiger partial charge in [-0.1, -0.05) is 0 Å². The molecule has 1 aliphatic rings. The quantitative estimate of drug-likeness (QED) is 0.534. The number of nitrogens with zero attached hydrogens (tertiary/aromatic N) is 9. The first-order chi connectivity index (χ1) is 12.9. The maximum absolute atomic E-state index is 4.54. The summed E-state index contributed by atoms with van der Waals surface area (Å²) in [5, 5.41) is 9.18. The molecule has 0 aromatic carbocycles. The first kappa shape index (κ1) is 14.9. The molecule has 26 heavy (non-hydrogen) atoms. The lowest BCUT2D eigenvalue weighted by Gasteiger charge is -2.24. The summed E-state index contributed by atoms with van der Waals surface area (Å²) >= 11 is 0. The molecule has 0 amide bonds. The van der Waals surface area contributed by atoms with Crippen LogP contribution in [0, 0.1) is 0 Å². The molecular weight excluding hydrogens is 330 g/mol. The third kappa shape index (κ3) is 2.48. The van der Waals surface area contributed by atoms with E-state index in [2.05, 4.69) is 39.9 Å². The summed E-state index contributed by atoms with van der Waals surface area (Å²) in [6, 6.07) is 3.95. The van der Waals surface area contributed by atoms with Gasteiger partial charge in [0.05, 0.1) is 5.39 Å². The van der Waals surface area contributed by atoms with Crippen molar-refractivity contribution >= 4 is 28.3 Å². The van der Waals surface area contributed by atoms with E-state index in [-0.39, 0.29) is 0 Å². The summed E-state index contributed by atoms with van der Waals surface area (Å²) in [6.45, 7) is 3.52. The zero-order valence-corrected chi connectivity index (χ0v) is 14.1. The maximum Gasteiger partial charge on any atom is 0.203 e. The number of pyridine rings is 1. The first-order valence-electron chi connectivity index (χ1n) is 8.60. The average molecular weight is 347 g/mol. The molecule has 1 saturated heterocycles. The lowest BCUT2D eigenvalue weighted by molar-refractivity contribution is 0.794. The molecule has 9 nitrogen and oxygen atoms in total. The highest BCUT2D eigenvalue weighted by Gasteiger charge is 2.21. The highest BCUT2D eigenvalue weighted by Crippen LogP contribution is 2.24. The van der Waals surface area contributed by atoms with Crippen LogP contribution in [0.5, 0.6) is 0 Å². The van der Waals surface area contributed by atoms with Gasteiger partial charge < -0.3 is 9.80 Å². The van der Waals surface area contributed by atoms with Crippen molar-refractivity contribution in [1.29, 1.82) is 0 Å². The lowest BCUT2D eigenvalue weighted by atomic mass is 10.3. The molecule has 0 spiro atoms. The predicted octanol–water partition coefficient (Wildman–Crippen LogP) is 1.18. The van der Waals surface area contributed by atoms with Crippen molar-refractivity contribution in [2.45, 2.75) is 6.42 Å². The number of anilines is 2.